The molecule has 1 heterocycles. The second-order valence-electron chi connectivity index (χ2n) is 5.61. The summed E-state index contributed by atoms with van der Waals surface area (Å²) in [7, 11) is 0. The van der Waals surface area contributed by atoms with Crippen molar-refractivity contribution in [1.82, 2.24) is 5.32 Å². The highest BCUT2D eigenvalue weighted by molar-refractivity contribution is 6.31. The van der Waals surface area contributed by atoms with Crippen molar-refractivity contribution >= 4 is 29.1 Å². The minimum Gasteiger partial charge on any atom is -0.353 e. The number of hydrogen-bond donors (Lipinski definition) is 1. The zero-order valence-corrected chi connectivity index (χ0v) is 13.4. The van der Waals surface area contributed by atoms with E-state index in [1.165, 1.54) is 0 Å². The fourth-order valence-electron chi connectivity index (χ4n) is 2.47. The van der Waals surface area contributed by atoms with Crippen molar-refractivity contribution in [3.63, 3.8) is 0 Å². The second-order valence-corrected chi connectivity index (χ2v) is 6.01. The van der Waals surface area contributed by atoms with Crippen molar-refractivity contribution in [2.45, 2.75) is 39.7 Å². The lowest BCUT2D eigenvalue weighted by Crippen LogP contribution is -2.38. The number of rotatable bonds is 4. The van der Waals surface area contributed by atoms with Crippen LogP contribution in [0, 0.1) is 12.8 Å². The van der Waals surface area contributed by atoms with E-state index in [0.717, 1.165) is 17.7 Å². The van der Waals surface area contributed by atoms with Crippen LogP contribution in [0.1, 0.15) is 32.3 Å². The van der Waals surface area contributed by atoms with Gasteiger partial charge in [0.05, 0.1) is 5.92 Å². The van der Waals surface area contributed by atoms with Crippen molar-refractivity contribution in [3.05, 3.63) is 28.8 Å². The number of carbonyl (C=O) groups is 2. The molecule has 114 valence electrons. The summed E-state index contributed by atoms with van der Waals surface area (Å²) in [4.78, 5) is 26.1. The van der Waals surface area contributed by atoms with Gasteiger partial charge in [-0.2, -0.15) is 0 Å². The molecule has 0 aliphatic carbocycles. The molecule has 0 saturated carbocycles. The van der Waals surface area contributed by atoms with Gasteiger partial charge in [-0.05, 0) is 38.0 Å². The van der Waals surface area contributed by atoms with Crippen LogP contribution >= 0.6 is 11.6 Å². The zero-order chi connectivity index (χ0) is 15.6. The van der Waals surface area contributed by atoms with Crippen molar-refractivity contribution < 1.29 is 9.59 Å². The molecule has 2 unspecified atom stereocenters. The highest BCUT2D eigenvalue weighted by atomic mass is 35.5. The highest BCUT2D eigenvalue weighted by Gasteiger charge is 2.36. The van der Waals surface area contributed by atoms with E-state index in [9.17, 15) is 9.59 Å². The molecule has 1 saturated heterocycles. The van der Waals surface area contributed by atoms with Crippen LogP contribution in [0.25, 0.3) is 0 Å². The first kappa shape index (κ1) is 15.8. The van der Waals surface area contributed by atoms with Gasteiger partial charge in [-0.15, -0.1) is 0 Å². The Bertz CT molecular complexity index is 559. The molecule has 1 aliphatic heterocycles. The Morgan fingerprint density at radius 3 is 2.90 bits per heavy atom. The molecule has 1 N–H and O–H groups in total. The maximum Gasteiger partial charge on any atom is 0.227 e. The molecule has 21 heavy (non-hydrogen) atoms. The van der Waals surface area contributed by atoms with Crippen LogP contribution in [0.5, 0.6) is 0 Å². The SMILES string of the molecule is CCC(C)NC(=O)C1CC(=O)N(c2cccc(Cl)c2C)C1. The summed E-state index contributed by atoms with van der Waals surface area (Å²) in [6, 6.07) is 5.63. The first-order valence-corrected chi connectivity index (χ1v) is 7.67. The van der Waals surface area contributed by atoms with E-state index < -0.39 is 0 Å². The average molecular weight is 309 g/mol. The second kappa shape index (κ2) is 6.48. The fourth-order valence-corrected chi connectivity index (χ4v) is 2.64. The molecule has 1 aromatic rings. The number of nitrogens with zero attached hydrogens (tertiary/aromatic N) is 1. The first-order valence-electron chi connectivity index (χ1n) is 7.29. The van der Waals surface area contributed by atoms with Gasteiger partial charge < -0.3 is 10.2 Å². The fraction of sp³-hybridized carbons (Fsp3) is 0.500. The van der Waals surface area contributed by atoms with Crippen LogP contribution in [0.3, 0.4) is 0 Å². The molecule has 4 nitrogen and oxygen atoms in total. The molecule has 5 heteroatoms. The molecule has 0 bridgehead atoms. The summed E-state index contributed by atoms with van der Waals surface area (Å²) >= 11 is 6.11. The van der Waals surface area contributed by atoms with Gasteiger partial charge in [0.1, 0.15) is 0 Å². The van der Waals surface area contributed by atoms with Gasteiger partial charge in [0.25, 0.3) is 0 Å². The predicted molar refractivity (Wildman–Crippen MR) is 84.5 cm³/mol. The number of nitrogens with one attached hydrogen (secondary N) is 1. The Hall–Kier alpha value is -1.55. The summed E-state index contributed by atoms with van der Waals surface area (Å²) in [6.45, 7) is 6.29. The summed E-state index contributed by atoms with van der Waals surface area (Å²) in [5.41, 5.74) is 1.67. The van der Waals surface area contributed by atoms with Crippen LogP contribution in [0.15, 0.2) is 18.2 Å². The lowest BCUT2D eigenvalue weighted by Gasteiger charge is -2.20. The topological polar surface area (TPSA) is 49.4 Å². The van der Waals surface area contributed by atoms with Crippen LogP contribution < -0.4 is 10.2 Å². The number of carbonyl (C=O) groups excluding carboxylic acids is 2. The van der Waals surface area contributed by atoms with Gasteiger partial charge in [0.2, 0.25) is 11.8 Å². The lowest BCUT2D eigenvalue weighted by molar-refractivity contribution is -0.126. The van der Waals surface area contributed by atoms with Crippen LogP contribution in [0.4, 0.5) is 5.69 Å². The number of halogens is 1. The number of benzene rings is 1. The Kier molecular flexibility index (Phi) is 4.88. The third-order valence-electron chi connectivity index (χ3n) is 4.03. The molecule has 1 aliphatic rings. The van der Waals surface area contributed by atoms with E-state index in [-0.39, 0.29) is 30.2 Å². The summed E-state index contributed by atoms with van der Waals surface area (Å²) in [6.07, 6.45) is 1.14. The monoisotopic (exact) mass is 308 g/mol. The van der Waals surface area contributed by atoms with Crippen molar-refractivity contribution in [2.75, 3.05) is 11.4 Å². The zero-order valence-electron chi connectivity index (χ0n) is 12.6. The maximum absolute atomic E-state index is 12.2. The Morgan fingerprint density at radius 2 is 2.24 bits per heavy atom. The smallest absolute Gasteiger partial charge is 0.227 e. The van der Waals surface area contributed by atoms with E-state index >= 15 is 0 Å². The van der Waals surface area contributed by atoms with Crippen LogP contribution in [0.2, 0.25) is 5.02 Å². The number of anilines is 1. The predicted octanol–water partition coefficient (Wildman–Crippen LogP) is 2.92. The van der Waals surface area contributed by atoms with Gasteiger partial charge in [-0.1, -0.05) is 24.6 Å². The van der Waals surface area contributed by atoms with Crippen LogP contribution in [-0.2, 0) is 9.59 Å². The Labute approximate surface area is 130 Å². The molecule has 0 radical (unpaired) electrons. The average Bonchev–Trinajstić information content (AvgIpc) is 2.83. The van der Waals surface area contributed by atoms with E-state index in [1.54, 1.807) is 11.0 Å². The van der Waals surface area contributed by atoms with Gasteiger partial charge in [0, 0.05) is 29.7 Å². The first-order chi connectivity index (χ1) is 9.93. The molecule has 2 atom stereocenters. The summed E-state index contributed by atoms with van der Waals surface area (Å²) < 4.78 is 0. The minimum atomic E-state index is -0.287. The van der Waals surface area contributed by atoms with Crippen molar-refractivity contribution in [1.29, 1.82) is 0 Å². The van der Waals surface area contributed by atoms with Gasteiger partial charge in [-0.25, -0.2) is 0 Å². The Balaban J connectivity index is 2.13. The molecule has 1 aromatic carbocycles. The molecular formula is C16H21ClN2O2. The van der Waals surface area contributed by atoms with Crippen LogP contribution in [-0.4, -0.2) is 24.4 Å². The molecule has 2 rings (SSSR count). The highest BCUT2D eigenvalue weighted by Crippen LogP contribution is 2.31. The lowest BCUT2D eigenvalue weighted by atomic mass is 10.1. The summed E-state index contributed by atoms with van der Waals surface area (Å²) in [5.74, 6) is -0.352. The van der Waals surface area contributed by atoms with Crippen molar-refractivity contribution in [2.24, 2.45) is 5.92 Å². The third-order valence-corrected chi connectivity index (χ3v) is 4.44. The van der Waals surface area contributed by atoms with E-state index in [2.05, 4.69) is 5.32 Å². The molecule has 2 amide bonds. The third kappa shape index (κ3) is 3.38. The maximum atomic E-state index is 12.2. The number of amides is 2. The normalized spacial score (nSPS) is 19.7. The van der Waals surface area contributed by atoms with Gasteiger partial charge >= 0.3 is 0 Å². The van der Waals surface area contributed by atoms with Crippen molar-refractivity contribution in [3.8, 4) is 0 Å². The largest absolute Gasteiger partial charge is 0.353 e. The van der Waals surface area contributed by atoms with Gasteiger partial charge in [0.15, 0.2) is 0 Å². The van der Waals surface area contributed by atoms with E-state index in [0.29, 0.717) is 11.6 Å². The molecule has 0 spiro atoms. The quantitative estimate of drug-likeness (QED) is 0.929. The number of hydrogen-bond acceptors (Lipinski definition) is 2. The van der Waals surface area contributed by atoms with Gasteiger partial charge in [-0.3, -0.25) is 9.59 Å². The molecular weight excluding hydrogens is 288 g/mol. The standard InChI is InChI=1S/C16H21ClN2O2/c1-4-10(2)18-16(21)12-8-15(20)19(9-12)14-7-5-6-13(17)11(14)3/h5-7,10,12H,4,8-9H2,1-3H3,(H,18,21). The minimum absolute atomic E-state index is 0.0235. The van der Waals surface area contributed by atoms with E-state index in [4.69, 9.17) is 11.6 Å². The van der Waals surface area contributed by atoms with E-state index in [1.807, 2.05) is 32.9 Å². The molecule has 0 aromatic heterocycles. The Morgan fingerprint density at radius 1 is 1.52 bits per heavy atom. The molecule has 1 fully saturated rings. The summed E-state index contributed by atoms with van der Waals surface area (Å²) in [5, 5.41) is 3.58.